The average molecular weight is 389 g/mol. The van der Waals surface area contributed by atoms with Crippen molar-refractivity contribution in [2.24, 2.45) is 0 Å². The highest BCUT2D eigenvalue weighted by molar-refractivity contribution is 6.59. The quantitative estimate of drug-likeness (QED) is 0.219. The van der Waals surface area contributed by atoms with Gasteiger partial charge < -0.3 is 30.5 Å². The Labute approximate surface area is 158 Å². The molecule has 0 aromatic heterocycles. The molecule has 2 aromatic carbocycles. The highest BCUT2D eigenvalue weighted by Gasteiger charge is 2.22. The van der Waals surface area contributed by atoms with Gasteiger partial charge in [0.2, 0.25) is 0 Å². The largest absolute Gasteiger partial charge is 0.488 e. The van der Waals surface area contributed by atoms with E-state index in [4.69, 9.17) is 5.11 Å². The zero-order chi connectivity index (χ0) is 21.0. The molecule has 28 heavy (non-hydrogen) atoms. The van der Waals surface area contributed by atoms with E-state index >= 15 is 0 Å². The number of benzene rings is 2. The summed E-state index contributed by atoms with van der Waals surface area (Å²) in [5, 5.41) is 47.8. The molecule has 0 aliphatic heterocycles. The van der Waals surface area contributed by atoms with E-state index in [1.54, 1.807) is 0 Å². The van der Waals surface area contributed by atoms with Crippen LogP contribution in [0.3, 0.4) is 0 Å². The molecule has 2 rings (SSSR count). The molecule has 144 valence electrons. The van der Waals surface area contributed by atoms with Crippen LogP contribution in [0, 0.1) is 5.82 Å². The molecule has 0 saturated carbocycles. The maximum Gasteiger partial charge on any atom is 0.488 e. The van der Waals surface area contributed by atoms with Crippen LogP contribution in [0.2, 0.25) is 0 Å². The summed E-state index contributed by atoms with van der Waals surface area (Å²) in [7, 11) is -4.06. The van der Waals surface area contributed by atoms with Crippen LogP contribution >= 0.6 is 0 Å². The van der Waals surface area contributed by atoms with Crippen molar-refractivity contribution in [2.75, 3.05) is 6.54 Å². The number of carboxylic acids is 1. The maximum absolute atomic E-state index is 13.7. The SMILES string of the molecule is O=C(O)CNC(=O)c1cc(B(O)O)cc(C(=O)c2cc(F)cc(B(O)O)c2)c1. The zero-order valence-electron chi connectivity index (χ0n) is 14.2. The minimum atomic E-state index is -2.04. The van der Waals surface area contributed by atoms with Crippen molar-refractivity contribution >= 4 is 42.8 Å². The fourth-order valence-electron chi connectivity index (χ4n) is 2.38. The van der Waals surface area contributed by atoms with E-state index < -0.39 is 44.3 Å². The van der Waals surface area contributed by atoms with E-state index in [0.29, 0.717) is 0 Å². The molecule has 0 saturated heterocycles. The summed E-state index contributed by atoms with van der Waals surface area (Å²) in [6, 6.07) is 5.85. The number of aliphatic carboxylic acids is 1. The minimum absolute atomic E-state index is 0.227. The van der Waals surface area contributed by atoms with Crippen LogP contribution in [0.1, 0.15) is 26.3 Å². The number of halogens is 1. The van der Waals surface area contributed by atoms with Crippen LogP contribution in [0.15, 0.2) is 36.4 Å². The topological polar surface area (TPSA) is 164 Å². The Kier molecular flexibility index (Phi) is 6.65. The Morgan fingerprint density at radius 3 is 1.86 bits per heavy atom. The van der Waals surface area contributed by atoms with Crippen molar-refractivity contribution in [1.82, 2.24) is 5.32 Å². The molecule has 0 fully saturated rings. The van der Waals surface area contributed by atoms with Gasteiger partial charge in [-0.15, -0.1) is 0 Å². The Balaban J connectivity index is 2.48. The Bertz CT molecular complexity index is 935. The first-order valence-electron chi connectivity index (χ1n) is 7.81. The van der Waals surface area contributed by atoms with Crippen molar-refractivity contribution in [2.45, 2.75) is 0 Å². The lowest BCUT2D eigenvalue weighted by Gasteiger charge is -2.10. The molecule has 1 amide bonds. The van der Waals surface area contributed by atoms with Crippen LogP contribution in [-0.2, 0) is 4.79 Å². The van der Waals surface area contributed by atoms with E-state index in [0.717, 1.165) is 36.4 Å². The number of rotatable bonds is 7. The molecule has 0 aliphatic carbocycles. The molecule has 0 radical (unpaired) electrons. The van der Waals surface area contributed by atoms with Gasteiger partial charge in [-0.1, -0.05) is 12.1 Å². The number of nitrogens with one attached hydrogen (secondary N) is 1. The van der Waals surface area contributed by atoms with Crippen LogP contribution < -0.4 is 16.2 Å². The van der Waals surface area contributed by atoms with Crippen LogP contribution in [-0.4, -0.2) is 63.6 Å². The standard InChI is InChI=1S/C16H14B2FNO8/c19-13-5-9(3-12(6-13)18(27)28)15(23)8-1-10(4-11(2-8)17(25)26)16(24)20-7-14(21)22/h1-6,25-28H,7H2,(H,20,24)(H,21,22). The second kappa shape index (κ2) is 8.76. The van der Waals surface area contributed by atoms with Crippen LogP contribution in [0.4, 0.5) is 4.39 Å². The summed E-state index contributed by atoms with van der Waals surface area (Å²) in [6.45, 7) is -0.699. The molecule has 0 aliphatic rings. The monoisotopic (exact) mass is 389 g/mol. The van der Waals surface area contributed by atoms with E-state index in [-0.39, 0.29) is 27.6 Å². The predicted octanol–water partition coefficient (Wildman–Crippen LogP) is -2.77. The lowest BCUT2D eigenvalue weighted by molar-refractivity contribution is -0.135. The molecular formula is C16H14B2FNO8. The van der Waals surface area contributed by atoms with Gasteiger partial charge in [0.1, 0.15) is 12.4 Å². The third-order valence-electron chi connectivity index (χ3n) is 3.66. The Morgan fingerprint density at radius 1 is 0.821 bits per heavy atom. The van der Waals surface area contributed by atoms with Crippen molar-refractivity contribution in [3.8, 4) is 0 Å². The first-order chi connectivity index (χ1) is 13.1. The van der Waals surface area contributed by atoms with Gasteiger partial charge in [-0.05, 0) is 35.2 Å². The number of hydrogen-bond acceptors (Lipinski definition) is 7. The second-order valence-electron chi connectivity index (χ2n) is 5.77. The molecule has 0 spiro atoms. The van der Waals surface area contributed by atoms with E-state index in [9.17, 15) is 38.9 Å². The summed E-state index contributed by atoms with van der Waals surface area (Å²) in [5.74, 6) is -3.94. The smallest absolute Gasteiger partial charge is 0.480 e. The van der Waals surface area contributed by atoms with Crippen LogP contribution in [0.25, 0.3) is 0 Å². The third kappa shape index (κ3) is 5.24. The minimum Gasteiger partial charge on any atom is -0.480 e. The highest BCUT2D eigenvalue weighted by Crippen LogP contribution is 2.12. The van der Waals surface area contributed by atoms with Gasteiger partial charge in [-0.25, -0.2) is 4.39 Å². The Hall–Kier alpha value is -3.05. The summed E-state index contributed by atoms with van der Waals surface area (Å²) in [5.41, 5.74) is -1.24. The number of amides is 1. The molecule has 0 atom stereocenters. The summed E-state index contributed by atoms with van der Waals surface area (Å²) >= 11 is 0. The molecule has 0 heterocycles. The van der Waals surface area contributed by atoms with Gasteiger partial charge >= 0.3 is 20.2 Å². The van der Waals surface area contributed by atoms with Gasteiger partial charge in [-0.3, -0.25) is 14.4 Å². The summed E-state index contributed by atoms with van der Waals surface area (Å²) in [6.07, 6.45) is 0. The predicted molar refractivity (Wildman–Crippen MR) is 95.9 cm³/mol. The van der Waals surface area contributed by atoms with Gasteiger partial charge in [-0.2, -0.15) is 0 Å². The second-order valence-corrected chi connectivity index (χ2v) is 5.77. The number of carboxylic acid groups (broad SMARTS) is 1. The Morgan fingerprint density at radius 2 is 1.32 bits per heavy atom. The average Bonchev–Trinajstić information content (AvgIpc) is 2.64. The molecule has 2 aromatic rings. The molecule has 0 unspecified atom stereocenters. The van der Waals surface area contributed by atoms with Gasteiger partial charge in [0.15, 0.2) is 5.78 Å². The van der Waals surface area contributed by atoms with Gasteiger partial charge in [0.05, 0.1) is 0 Å². The molecule has 12 heteroatoms. The number of hydrogen-bond donors (Lipinski definition) is 6. The summed E-state index contributed by atoms with van der Waals surface area (Å²) < 4.78 is 13.7. The van der Waals surface area contributed by atoms with Crippen molar-refractivity contribution in [1.29, 1.82) is 0 Å². The van der Waals surface area contributed by atoms with Crippen molar-refractivity contribution in [3.05, 3.63) is 58.9 Å². The number of carbonyl (C=O) groups excluding carboxylic acids is 2. The molecule has 6 N–H and O–H groups in total. The first kappa shape index (κ1) is 21.3. The van der Waals surface area contributed by atoms with Gasteiger partial charge in [0.25, 0.3) is 5.91 Å². The molecule has 9 nitrogen and oxygen atoms in total. The molecular weight excluding hydrogens is 375 g/mol. The first-order valence-corrected chi connectivity index (χ1v) is 7.81. The third-order valence-corrected chi connectivity index (χ3v) is 3.66. The fraction of sp³-hybridized carbons (Fsp3) is 0.0625. The maximum atomic E-state index is 13.7. The lowest BCUT2D eigenvalue weighted by Crippen LogP contribution is -2.34. The lowest BCUT2D eigenvalue weighted by atomic mass is 9.77. The number of ketones is 1. The van der Waals surface area contributed by atoms with Crippen LogP contribution in [0.5, 0.6) is 0 Å². The van der Waals surface area contributed by atoms with E-state index in [1.165, 1.54) is 0 Å². The van der Waals surface area contributed by atoms with E-state index in [1.807, 2.05) is 0 Å². The van der Waals surface area contributed by atoms with Crippen molar-refractivity contribution < 1.29 is 44.0 Å². The summed E-state index contributed by atoms with van der Waals surface area (Å²) in [4.78, 5) is 35.3. The number of carbonyl (C=O) groups is 3. The highest BCUT2D eigenvalue weighted by atomic mass is 19.1. The van der Waals surface area contributed by atoms with E-state index in [2.05, 4.69) is 5.32 Å². The van der Waals surface area contributed by atoms with Crippen molar-refractivity contribution in [3.63, 3.8) is 0 Å². The van der Waals surface area contributed by atoms with Gasteiger partial charge in [0, 0.05) is 16.7 Å². The fourth-order valence-corrected chi connectivity index (χ4v) is 2.38. The molecule has 0 bridgehead atoms. The zero-order valence-corrected chi connectivity index (χ0v) is 14.2. The normalized spacial score (nSPS) is 10.3.